The number of hydrogen-bond donors (Lipinski definition) is 1. The zero-order chi connectivity index (χ0) is 16.8. The van der Waals surface area contributed by atoms with E-state index in [1.807, 2.05) is 37.3 Å². The van der Waals surface area contributed by atoms with E-state index in [0.29, 0.717) is 15.8 Å². The number of carbonyl (C=O) groups excluding carboxylic acids is 2. The average Bonchev–Trinajstić information content (AvgIpc) is 2.81. The first-order valence-corrected chi connectivity index (χ1v) is 8.48. The molecular formula is C16H18N2O3S2. The maximum absolute atomic E-state index is 12.5. The predicted octanol–water partition coefficient (Wildman–Crippen LogP) is 1.73. The van der Waals surface area contributed by atoms with E-state index in [2.05, 4.69) is 0 Å². The summed E-state index contributed by atoms with van der Waals surface area (Å²) >= 11 is 6.42. The Bertz CT molecular complexity index is 631. The Kier molecular flexibility index (Phi) is 6.32. The number of amides is 2. The molecule has 0 bridgehead atoms. The standard InChI is InChI=1S/C16H18N2O3S2/c1-2-17(8-9-19)14(20)11-18-15(21)13(23-16(18)22)10-12-6-4-3-5-7-12/h3-7,10,19H,2,8-9,11H2,1H3/b13-10-. The number of hydrogen-bond acceptors (Lipinski definition) is 5. The summed E-state index contributed by atoms with van der Waals surface area (Å²) in [6.07, 6.45) is 1.77. The summed E-state index contributed by atoms with van der Waals surface area (Å²) in [4.78, 5) is 28.0. The summed E-state index contributed by atoms with van der Waals surface area (Å²) in [5.74, 6) is -0.476. The first-order valence-electron chi connectivity index (χ1n) is 7.26. The van der Waals surface area contributed by atoms with Gasteiger partial charge in [-0.05, 0) is 18.6 Å². The highest BCUT2D eigenvalue weighted by Gasteiger charge is 2.34. The molecule has 0 unspecified atom stereocenters. The highest BCUT2D eigenvalue weighted by atomic mass is 32.2. The molecule has 1 aliphatic rings. The van der Waals surface area contributed by atoms with Crippen LogP contribution in [0.3, 0.4) is 0 Å². The van der Waals surface area contributed by atoms with Crippen LogP contribution in [0.25, 0.3) is 6.08 Å². The topological polar surface area (TPSA) is 60.9 Å². The average molecular weight is 350 g/mol. The van der Waals surface area contributed by atoms with E-state index >= 15 is 0 Å². The molecule has 2 amide bonds. The van der Waals surface area contributed by atoms with E-state index in [1.165, 1.54) is 21.6 Å². The Morgan fingerprint density at radius 2 is 2.09 bits per heavy atom. The van der Waals surface area contributed by atoms with Crippen LogP contribution in [0.5, 0.6) is 0 Å². The molecule has 0 radical (unpaired) electrons. The molecule has 1 aromatic carbocycles. The number of nitrogens with zero attached hydrogens (tertiary/aromatic N) is 2. The van der Waals surface area contributed by atoms with E-state index in [-0.39, 0.29) is 31.5 Å². The van der Waals surface area contributed by atoms with Gasteiger partial charge in [0.15, 0.2) is 0 Å². The molecule has 0 atom stereocenters. The second kappa shape index (κ2) is 8.24. The third-order valence-corrected chi connectivity index (χ3v) is 4.75. The summed E-state index contributed by atoms with van der Waals surface area (Å²) in [5.41, 5.74) is 0.912. The van der Waals surface area contributed by atoms with Crippen molar-refractivity contribution in [3.05, 3.63) is 40.8 Å². The van der Waals surface area contributed by atoms with Crippen LogP contribution >= 0.6 is 24.0 Å². The van der Waals surface area contributed by atoms with Gasteiger partial charge in [0.2, 0.25) is 5.91 Å². The molecule has 23 heavy (non-hydrogen) atoms. The zero-order valence-corrected chi connectivity index (χ0v) is 14.4. The van der Waals surface area contributed by atoms with Crippen LogP contribution in [0.15, 0.2) is 35.2 Å². The van der Waals surface area contributed by atoms with Gasteiger partial charge in [0.1, 0.15) is 10.9 Å². The summed E-state index contributed by atoms with van der Waals surface area (Å²) in [7, 11) is 0. The van der Waals surface area contributed by atoms with Gasteiger partial charge in [-0.1, -0.05) is 54.3 Å². The first kappa shape index (κ1) is 17.7. The van der Waals surface area contributed by atoms with Crippen molar-refractivity contribution >= 4 is 46.2 Å². The van der Waals surface area contributed by atoms with E-state index < -0.39 is 0 Å². The maximum Gasteiger partial charge on any atom is 0.266 e. The molecule has 1 aliphatic heterocycles. The van der Waals surface area contributed by atoms with Crippen molar-refractivity contribution in [2.45, 2.75) is 6.92 Å². The molecule has 7 heteroatoms. The molecule has 0 spiro atoms. The number of aliphatic hydroxyl groups excluding tert-OH is 1. The molecule has 122 valence electrons. The monoisotopic (exact) mass is 350 g/mol. The number of benzene rings is 1. The van der Waals surface area contributed by atoms with Gasteiger partial charge in [0, 0.05) is 13.1 Å². The SMILES string of the molecule is CCN(CCO)C(=O)CN1C(=O)/C(=C/c2ccccc2)SC1=S. The summed E-state index contributed by atoms with van der Waals surface area (Å²) in [5, 5.41) is 8.97. The highest BCUT2D eigenvalue weighted by molar-refractivity contribution is 8.26. The van der Waals surface area contributed by atoms with Crippen molar-refractivity contribution in [3.63, 3.8) is 0 Å². The first-order chi connectivity index (χ1) is 11.1. The second-order valence-electron chi connectivity index (χ2n) is 4.88. The zero-order valence-electron chi connectivity index (χ0n) is 12.8. The number of thiocarbonyl (C=S) groups is 1. The van der Waals surface area contributed by atoms with Crippen molar-refractivity contribution in [3.8, 4) is 0 Å². The van der Waals surface area contributed by atoms with Gasteiger partial charge in [-0.15, -0.1) is 0 Å². The molecule has 1 saturated heterocycles. The van der Waals surface area contributed by atoms with Crippen LogP contribution in [0.1, 0.15) is 12.5 Å². The van der Waals surface area contributed by atoms with Gasteiger partial charge >= 0.3 is 0 Å². The Labute approximate surface area is 145 Å². The lowest BCUT2D eigenvalue weighted by atomic mass is 10.2. The van der Waals surface area contributed by atoms with Gasteiger partial charge in [-0.2, -0.15) is 0 Å². The van der Waals surface area contributed by atoms with Gasteiger partial charge in [-0.3, -0.25) is 14.5 Å². The van der Waals surface area contributed by atoms with Gasteiger partial charge in [0.05, 0.1) is 11.5 Å². The number of likely N-dealkylation sites (N-methyl/N-ethyl adjacent to an activating group) is 1. The third kappa shape index (κ3) is 4.40. The summed E-state index contributed by atoms with van der Waals surface area (Å²) < 4.78 is 0.380. The van der Waals surface area contributed by atoms with E-state index in [4.69, 9.17) is 17.3 Å². The highest BCUT2D eigenvalue weighted by Crippen LogP contribution is 2.32. The lowest BCUT2D eigenvalue weighted by Crippen LogP contribution is -2.43. The largest absolute Gasteiger partial charge is 0.395 e. The third-order valence-electron chi connectivity index (χ3n) is 3.37. The number of thioether (sulfide) groups is 1. The van der Waals surface area contributed by atoms with Crippen molar-refractivity contribution in [2.24, 2.45) is 0 Å². The Balaban J connectivity index is 2.10. The van der Waals surface area contributed by atoms with Gasteiger partial charge in [0.25, 0.3) is 5.91 Å². The van der Waals surface area contributed by atoms with Crippen LogP contribution < -0.4 is 0 Å². The number of rotatable bonds is 6. The normalized spacial score (nSPS) is 16.3. The molecular weight excluding hydrogens is 332 g/mol. The molecule has 5 nitrogen and oxygen atoms in total. The van der Waals surface area contributed by atoms with Crippen LogP contribution in [-0.2, 0) is 9.59 Å². The Hall–Kier alpha value is -1.70. The van der Waals surface area contributed by atoms with E-state index in [9.17, 15) is 9.59 Å². The maximum atomic E-state index is 12.5. The minimum absolute atomic E-state index is 0.0926. The fraction of sp³-hybridized carbons (Fsp3) is 0.312. The predicted molar refractivity (Wildman–Crippen MR) is 95.7 cm³/mol. The van der Waals surface area contributed by atoms with Crippen LogP contribution in [-0.4, -0.2) is 57.3 Å². The van der Waals surface area contributed by atoms with Crippen molar-refractivity contribution < 1.29 is 14.7 Å². The fourth-order valence-electron chi connectivity index (χ4n) is 2.15. The minimum Gasteiger partial charge on any atom is -0.395 e. The summed E-state index contributed by atoms with van der Waals surface area (Å²) in [6.45, 7) is 2.36. The van der Waals surface area contributed by atoms with Crippen molar-refractivity contribution in [1.82, 2.24) is 9.80 Å². The molecule has 0 saturated carbocycles. The Morgan fingerprint density at radius 3 is 2.70 bits per heavy atom. The summed E-state index contributed by atoms with van der Waals surface area (Å²) in [6, 6.07) is 9.49. The number of aliphatic hydroxyl groups is 1. The molecule has 0 aromatic heterocycles. The molecule has 1 aromatic rings. The van der Waals surface area contributed by atoms with Gasteiger partial charge < -0.3 is 10.0 Å². The van der Waals surface area contributed by atoms with Crippen LogP contribution in [0.2, 0.25) is 0 Å². The van der Waals surface area contributed by atoms with Crippen LogP contribution in [0, 0.1) is 0 Å². The lowest BCUT2D eigenvalue weighted by Gasteiger charge is -2.22. The molecule has 1 N–H and O–H groups in total. The van der Waals surface area contributed by atoms with Gasteiger partial charge in [-0.25, -0.2) is 0 Å². The minimum atomic E-state index is -0.253. The van der Waals surface area contributed by atoms with Crippen molar-refractivity contribution in [1.29, 1.82) is 0 Å². The molecule has 1 heterocycles. The molecule has 1 fully saturated rings. The molecule has 2 rings (SSSR count). The lowest BCUT2D eigenvalue weighted by molar-refractivity contribution is -0.135. The quantitative estimate of drug-likeness (QED) is 0.625. The fourth-order valence-corrected chi connectivity index (χ4v) is 3.41. The smallest absolute Gasteiger partial charge is 0.266 e. The Morgan fingerprint density at radius 1 is 1.39 bits per heavy atom. The van der Waals surface area contributed by atoms with Crippen molar-refractivity contribution in [2.75, 3.05) is 26.2 Å². The van der Waals surface area contributed by atoms with Crippen LogP contribution in [0.4, 0.5) is 0 Å². The molecule has 0 aliphatic carbocycles. The number of carbonyl (C=O) groups is 2. The van der Waals surface area contributed by atoms with E-state index in [0.717, 1.165) is 5.56 Å². The van der Waals surface area contributed by atoms with E-state index in [1.54, 1.807) is 6.08 Å². The second-order valence-corrected chi connectivity index (χ2v) is 6.55.